The number of aliphatic hydroxyl groups is 1. The summed E-state index contributed by atoms with van der Waals surface area (Å²) in [6.07, 6.45) is 2.50. The van der Waals surface area contributed by atoms with Crippen LogP contribution in [0, 0.1) is 0 Å². The quantitative estimate of drug-likeness (QED) is 0.803. The van der Waals surface area contributed by atoms with Crippen molar-refractivity contribution in [3.63, 3.8) is 0 Å². The van der Waals surface area contributed by atoms with Gasteiger partial charge in [0.15, 0.2) is 5.13 Å². The maximum Gasteiger partial charge on any atom is 0.184 e. The summed E-state index contributed by atoms with van der Waals surface area (Å²) in [7, 11) is 3.93. The first-order valence-electron chi connectivity index (χ1n) is 4.23. The molecule has 1 N–H and O–H groups in total. The third-order valence-electron chi connectivity index (χ3n) is 1.53. The Hall–Kier alpha value is -0.610. The monoisotopic (exact) mass is 200 g/mol. The van der Waals surface area contributed by atoms with Crippen molar-refractivity contribution in [2.45, 2.75) is 25.9 Å². The van der Waals surface area contributed by atoms with E-state index in [2.05, 4.69) is 4.98 Å². The molecule has 0 fully saturated rings. The van der Waals surface area contributed by atoms with Crippen LogP contribution in [-0.4, -0.2) is 29.8 Å². The molecule has 0 aliphatic rings. The van der Waals surface area contributed by atoms with Crippen LogP contribution < -0.4 is 4.90 Å². The van der Waals surface area contributed by atoms with Crippen LogP contribution in [0.3, 0.4) is 0 Å². The SMILES string of the molecule is CN(C)c1ncc(CC(C)(C)O)s1. The Morgan fingerprint density at radius 1 is 1.54 bits per heavy atom. The highest BCUT2D eigenvalue weighted by atomic mass is 32.1. The first-order chi connectivity index (χ1) is 5.88. The molecule has 0 amide bonds. The zero-order valence-electron chi connectivity index (χ0n) is 8.53. The van der Waals surface area contributed by atoms with Gasteiger partial charge in [0.25, 0.3) is 0 Å². The predicted molar refractivity (Wildman–Crippen MR) is 56.4 cm³/mol. The van der Waals surface area contributed by atoms with Gasteiger partial charge in [-0.25, -0.2) is 4.98 Å². The van der Waals surface area contributed by atoms with Crippen molar-refractivity contribution in [3.8, 4) is 0 Å². The molecule has 1 rings (SSSR count). The first kappa shape index (κ1) is 10.5. The highest BCUT2D eigenvalue weighted by molar-refractivity contribution is 7.15. The highest BCUT2D eigenvalue weighted by Crippen LogP contribution is 2.23. The summed E-state index contributed by atoms with van der Waals surface area (Å²) in [6, 6.07) is 0. The van der Waals surface area contributed by atoms with Crippen molar-refractivity contribution in [1.82, 2.24) is 4.98 Å². The number of anilines is 1. The lowest BCUT2D eigenvalue weighted by Crippen LogP contribution is -2.21. The number of hydrogen-bond donors (Lipinski definition) is 1. The minimum absolute atomic E-state index is 0.643. The lowest BCUT2D eigenvalue weighted by atomic mass is 10.1. The molecule has 3 nitrogen and oxygen atoms in total. The molecule has 0 saturated carbocycles. The smallest absolute Gasteiger partial charge is 0.184 e. The van der Waals surface area contributed by atoms with Gasteiger partial charge in [0, 0.05) is 31.6 Å². The Morgan fingerprint density at radius 3 is 2.54 bits per heavy atom. The van der Waals surface area contributed by atoms with Crippen molar-refractivity contribution >= 4 is 16.5 Å². The van der Waals surface area contributed by atoms with Gasteiger partial charge in [0.2, 0.25) is 0 Å². The molecule has 0 saturated heterocycles. The molecule has 0 unspecified atom stereocenters. The fraction of sp³-hybridized carbons (Fsp3) is 0.667. The molecule has 1 aromatic rings. The largest absolute Gasteiger partial charge is 0.390 e. The molecule has 0 aromatic carbocycles. The highest BCUT2D eigenvalue weighted by Gasteiger charge is 2.15. The second kappa shape index (κ2) is 3.64. The van der Waals surface area contributed by atoms with Crippen LogP contribution in [0.1, 0.15) is 18.7 Å². The van der Waals surface area contributed by atoms with Gasteiger partial charge in [-0.1, -0.05) is 0 Å². The first-order valence-corrected chi connectivity index (χ1v) is 5.04. The van der Waals surface area contributed by atoms with Gasteiger partial charge in [-0.05, 0) is 13.8 Å². The fourth-order valence-electron chi connectivity index (χ4n) is 1.01. The van der Waals surface area contributed by atoms with Crippen molar-refractivity contribution in [2.24, 2.45) is 0 Å². The van der Waals surface area contributed by atoms with Crippen molar-refractivity contribution < 1.29 is 5.11 Å². The van der Waals surface area contributed by atoms with E-state index in [1.54, 1.807) is 11.3 Å². The van der Waals surface area contributed by atoms with E-state index in [1.165, 1.54) is 0 Å². The Balaban J connectivity index is 2.70. The minimum atomic E-state index is -0.643. The van der Waals surface area contributed by atoms with Gasteiger partial charge in [0.1, 0.15) is 0 Å². The van der Waals surface area contributed by atoms with E-state index in [1.807, 2.05) is 39.0 Å². The molecule has 0 aliphatic carbocycles. The Kier molecular flexibility index (Phi) is 2.93. The zero-order valence-corrected chi connectivity index (χ0v) is 9.35. The summed E-state index contributed by atoms with van der Waals surface area (Å²) in [5.74, 6) is 0. The standard InChI is InChI=1S/C9H16N2OS/c1-9(2,12)5-7-6-10-8(13-7)11(3)4/h6,12H,5H2,1-4H3. The Bertz CT molecular complexity index is 275. The van der Waals surface area contributed by atoms with E-state index in [0.29, 0.717) is 6.42 Å². The lowest BCUT2D eigenvalue weighted by molar-refractivity contribution is 0.0818. The average Bonchev–Trinajstić information content (AvgIpc) is 2.31. The van der Waals surface area contributed by atoms with Gasteiger partial charge in [-0.3, -0.25) is 0 Å². The molecule has 74 valence electrons. The van der Waals surface area contributed by atoms with Crippen LogP contribution in [0.5, 0.6) is 0 Å². The van der Waals surface area contributed by atoms with Crippen LogP contribution in [-0.2, 0) is 6.42 Å². The van der Waals surface area contributed by atoms with Crippen LogP contribution in [0.25, 0.3) is 0 Å². The number of nitrogens with zero attached hydrogens (tertiary/aromatic N) is 2. The minimum Gasteiger partial charge on any atom is -0.390 e. The van der Waals surface area contributed by atoms with E-state index in [9.17, 15) is 5.11 Å². The maximum absolute atomic E-state index is 9.58. The molecule has 1 aromatic heterocycles. The van der Waals surface area contributed by atoms with Gasteiger partial charge in [0.05, 0.1) is 5.60 Å². The second-order valence-electron chi connectivity index (χ2n) is 3.99. The lowest BCUT2D eigenvalue weighted by Gasteiger charge is -2.14. The van der Waals surface area contributed by atoms with Gasteiger partial charge in [-0.2, -0.15) is 0 Å². The van der Waals surface area contributed by atoms with Crippen LogP contribution >= 0.6 is 11.3 Å². The van der Waals surface area contributed by atoms with E-state index < -0.39 is 5.60 Å². The third kappa shape index (κ3) is 3.32. The van der Waals surface area contributed by atoms with Crippen molar-refractivity contribution in [2.75, 3.05) is 19.0 Å². The van der Waals surface area contributed by atoms with Crippen molar-refractivity contribution in [3.05, 3.63) is 11.1 Å². The molecular weight excluding hydrogens is 184 g/mol. The molecule has 0 bridgehead atoms. The van der Waals surface area contributed by atoms with Crippen LogP contribution in [0.2, 0.25) is 0 Å². The van der Waals surface area contributed by atoms with Crippen molar-refractivity contribution in [1.29, 1.82) is 0 Å². The van der Waals surface area contributed by atoms with Crippen LogP contribution in [0.15, 0.2) is 6.20 Å². The number of rotatable bonds is 3. The fourth-order valence-corrected chi connectivity index (χ4v) is 2.07. The number of thiazole rings is 1. The molecule has 0 aliphatic heterocycles. The second-order valence-corrected chi connectivity index (χ2v) is 5.09. The predicted octanol–water partition coefficient (Wildman–Crippen LogP) is 1.52. The topological polar surface area (TPSA) is 36.4 Å². The van der Waals surface area contributed by atoms with E-state index in [0.717, 1.165) is 10.0 Å². The summed E-state index contributed by atoms with van der Waals surface area (Å²) in [6.45, 7) is 3.62. The zero-order chi connectivity index (χ0) is 10.1. The van der Waals surface area contributed by atoms with E-state index in [4.69, 9.17) is 0 Å². The van der Waals surface area contributed by atoms with E-state index >= 15 is 0 Å². The Labute approximate surface area is 83.0 Å². The molecule has 0 radical (unpaired) electrons. The summed E-state index contributed by atoms with van der Waals surface area (Å²) in [5.41, 5.74) is -0.643. The summed E-state index contributed by atoms with van der Waals surface area (Å²) < 4.78 is 0. The van der Waals surface area contributed by atoms with Crippen LogP contribution in [0.4, 0.5) is 5.13 Å². The number of hydrogen-bond acceptors (Lipinski definition) is 4. The van der Waals surface area contributed by atoms with Gasteiger partial charge < -0.3 is 10.0 Å². The summed E-state index contributed by atoms with van der Waals surface area (Å²) >= 11 is 1.62. The molecular formula is C9H16N2OS. The molecule has 0 spiro atoms. The molecule has 1 heterocycles. The molecule has 0 atom stereocenters. The number of aromatic nitrogens is 1. The van der Waals surface area contributed by atoms with Gasteiger partial charge >= 0.3 is 0 Å². The Morgan fingerprint density at radius 2 is 2.15 bits per heavy atom. The summed E-state index contributed by atoms with van der Waals surface area (Å²) in [4.78, 5) is 7.33. The molecule has 4 heteroatoms. The van der Waals surface area contributed by atoms with Gasteiger partial charge in [-0.15, -0.1) is 11.3 Å². The average molecular weight is 200 g/mol. The van der Waals surface area contributed by atoms with E-state index in [-0.39, 0.29) is 0 Å². The molecule has 13 heavy (non-hydrogen) atoms. The summed E-state index contributed by atoms with van der Waals surface area (Å²) in [5, 5.41) is 10.6. The third-order valence-corrected chi connectivity index (χ3v) is 2.70. The normalized spacial score (nSPS) is 11.8. The maximum atomic E-state index is 9.58.